The molecule has 0 aromatic heterocycles. The number of hydrogen-bond donors (Lipinski definition) is 3. The Labute approximate surface area is 139 Å². The van der Waals surface area contributed by atoms with Gasteiger partial charge >= 0.3 is 0 Å². The molecule has 0 bridgehead atoms. The van der Waals surface area contributed by atoms with E-state index in [0.717, 1.165) is 11.8 Å². The Morgan fingerprint density at radius 1 is 1.35 bits per heavy atom. The Balaban J connectivity index is 0.00000264. The van der Waals surface area contributed by atoms with E-state index in [4.69, 9.17) is 0 Å². The van der Waals surface area contributed by atoms with Crippen molar-refractivity contribution in [1.82, 2.24) is 10.6 Å². The van der Waals surface area contributed by atoms with Crippen molar-refractivity contribution in [1.29, 1.82) is 0 Å². The van der Waals surface area contributed by atoms with Crippen LogP contribution in [0.3, 0.4) is 0 Å². The minimum Gasteiger partial charge on any atom is -0.351 e. The van der Waals surface area contributed by atoms with E-state index in [-0.39, 0.29) is 19.0 Å². The maximum atomic E-state index is 13.0. The molecular weight excluding hydrogens is 352 g/mol. The van der Waals surface area contributed by atoms with E-state index < -0.39 is 40.9 Å². The van der Waals surface area contributed by atoms with Gasteiger partial charge in [-0.1, -0.05) is 12.1 Å². The van der Waals surface area contributed by atoms with Crippen LogP contribution in [0.2, 0.25) is 0 Å². The first-order valence-electron chi connectivity index (χ1n) is 6.60. The SMILES string of the molecule is CS(=O)(=O)Nc1ccc(CNC(=O)C2CC(F)(F)CN2)cc1.Cl. The van der Waals surface area contributed by atoms with Crippen LogP contribution in [-0.4, -0.2) is 39.1 Å². The van der Waals surface area contributed by atoms with Crippen molar-refractivity contribution in [2.24, 2.45) is 0 Å². The molecule has 1 atom stereocenters. The Morgan fingerprint density at radius 3 is 2.43 bits per heavy atom. The van der Waals surface area contributed by atoms with Gasteiger partial charge < -0.3 is 5.32 Å². The molecular formula is C13H18ClF2N3O3S. The highest BCUT2D eigenvalue weighted by Gasteiger charge is 2.42. The molecule has 6 nitrogen and oxygen atoms in total. The van der Waals surface area contributed by atoms with Gasteiger partial charge in [0.05, 0.1) is 18.8 Å². The average Bonchev–Trinajstić information content (AvgIpc) is 2.76. The average molecular weight is 370 g/mol. The van der Waals surface area contributed by atoms with Crippen LogP contribution in [0, 0.1) is 0 Å². The number of alkyl halides is 2. The zero-order chi connectivity index (χ0) is 16.4. The third-order valence-electron chi connectivity index (χ3n) is 3.15. The van der Waals surface area contributed by atoms with Crippen LogP contribution in [0.5, 0.6) is 0 Å². The van der Waals surface area contributed by atoms with Gasteiger partial charge in [0.15, 0.2) is 0 Å². The van der Waals surface area contributed by atoms with Crippen LogP contribution in [0.4, 0.5) is 14.5 Å². The summed E-state index contributed by atoms with van der Waals surface area (Å²) in [7, 11) is -3.34. The van der Waals surface area contributed by atoms with Gasteiger partial charge in [-0.3, -0.25) is 14.8 Å². The molecule has 0 saturated carbocycles. The topological polar surface area (TPSA) is 87.3 Å². The quantitative estimate of drug-likeness (QED) is 0.725. The van der Waals surface area contributed by atoms with Gasteiger partial charge in [-0.05, 0) is 17.7 Å². The van der Waals surface area contributed by atoms with Crippen LogP contribution in [-0.2, 0) is 21.4 Å². The highest BCUT2D eigenvalue weighted by Crippen LogP contribution is 2.25. The van der Waals surface area contributed by atoms with Crippen molar-refractivity contribution in [2.45, 2.75) is 24.9 Å². The molecule has 1 aliphatic rings. The van der Waals surface area contributed by atoms with Crippen molar-refractivity contribution in [3.63, 3.8) is 0 Å². The normalized spacial score (nSPS) is 19.7. The van der Waals surface area contributed by atoms with Gasteiger partial charge in [-0.15, -0.1) is 12.4 Å². The summed E-state index contributed by atoms with van der Waals surface area (Å²) in [5, 5.41) is 5.05. The first-order chi connectivity index (χ1) is 10.1. The molecule has 1 aromatic carbocycles. The zero-order valence-corrected chi connectivity index (χ0v) is 13.9. The van der Waals surface area contributed by atoms with Crippen molar-refractivity contribution >= 4 is 34.0 Å². The lowest BCUT2D eigenvalue weighted by atomic mass is 10.1. The third-order valence-corrected chi connectivity index (χ3v) is 3.76. The summed E-state index contributed by atoms with van der Waals surface area (Å²) >= 11 is 0. The number of amides is 1. The molecule has 1 unspecified atom stereocenters. The van der Waals surface area contributed by atoms with E-state index in [9.17, 15) is 22.0 Å². The smallest absolute Gasteiger partial charge is 0.262 e. The molecule has 0 spiro atoms. The molecule has 1 heterocycles. The molecule has 0 radical (unpaired) electrons. The number of halogens is 3. The lowest BCUT2D eigenvalue weighted by Gasteiger charge is -2.11. The van der Waals surface area contributed by atoms with E-state index in [1.54, 1.807) is 24.3 Å². The molecule has 1 aromatic rings. The highest BCUT2D eigenvalue weighted by atomic mass is 35.5. The fraction of sp³-hybridized carbons (Fsp3) is 0.462. The monoisotopic (exact) mass is 369 g/mol. The molecule has 1 amide bonds. The van der Waals surface area contributed by atoms with Crippen molar-refractivity contribution in [2.75, 3.05) is 17.5 Å². The number of sulfonamides is 1. The first-order valence-corrected chi connectivity index (χ1v) is 8.49. The van der Waals surface area contributed by atoms with E-state index >= 15 is 0 Å². The summed E-state index contributed by atoms with van der Waals surface area (Å²) < 4.78 is 50.4. The summed E-state index contributed by atoms with van der Waals surface area (Å²) in [4.78, 5) is 11.8. The highest BCUT2D eigenvalue weighted by molar-refractivity contribution is 7.92. The maximum Gasteiger partial charge on any atom is 0.262 e. The molecule has 1 saturated heterocycles. The van der Waals surface area contributed by atoms with Crippen molar-refractivity contribution in [3.05, 3.63) is 29.8 Å². The fourth-order valence-electron chi connectivity index (χ4n) is 2.12. The largest absolute Gasteiger partial charge is 0.351 e. The second-order valence-electron chi connectivity index (χ2n) is 5.28. The lowest BCUT2D eigenvalue weighted by Crippen LogP contribution is -2.40. The Kier molecular flexibility index (Phi) is 6.32. The molecule has 0 aliphatic carbocycles. The minimum atomic E-state index is -3.34. The van der Waals surface area contributed by atoms with E-state index in [2.05, 4.69) is 15.4 Å². The Bertz CT molecular complexity index is 653. The molecule has 1 fully saturated rings. The van der Waals surface area contributed by atoms with Crippen LogP contribution < -0.4 is 15.4 Å². The summed E-state index contributed by atoms with van der Waals surface area (Å²) in [6.07, 6.45) is 0.543. The lowest BCUT2D eigenvalue weighted by molar-refractivity contribution is -0.123. The molecule has 130 valence electrons. The molecule has 1 aliphatic heterocycles. The Morgan fingerprint density at radius 2 is 1.96 bits per heavy atom. The van der Waals surface area contributed by atoms with E-state index in [1.807, 2.05) is 0 Å². The number of nitrogens with one attached hydrogen (secondary N) is 3. The predicted octanol–water partition coefficient (Wildman–Crippen LogP) is 1.09. The van der Waals surface area contributed by atoms with E-state index in [0.29, 0.717) is 5.69 Å². The van der Waals surface area contributed by atoms with Gasteiger partial charge in [-0.25, -0.2) is 17.2 Å². The molecule has 10 heteroatoms. The van der Waals surface area contributed by atoms with Crippen molar-refractivity contribution < 1.29 is 22.0 Å². The molecule has 3 N–H and O–H groups in total. The summed E-state index contributed by atoms with van der Waals surface area (Å²) in [5.41, 5.74) is 1.15. The number of hydrogen-bond acceptors (Lipinski definition) is 4. The number of carbonyl (C=O) groups is 1. The number of carbonyl (C=O) groups excluding carboxylic acids is 1. The Hall–Kier alpha value is -1.45. The summed E-state index contributed by atoms with van der Waals surface area (Å²) in [6, 6.07) is 5.52. The third kappa shape index (κ3) is 6.28. The minimum absolute atomic E-state index is 0. The number of anilines is 1. The number of rotatable bonds is 5. The van der Waals surface area contributed by atoms with Gasteiger partial charge in [-0.2, -0.15) is 0 Å². The second kappa shape index (κ2) is 7.41. The van der Waals surface area contributed by atoms with Crippen LogP contribution in [0.1, 0.15) is 12.0 Å². The summed E-state index contributed by atoms with van der Waals surface area (Å²) in [5.74, 6) is -3.32. The first kappa shape index (κ1) is 19.6. The van der Waals surface area contributed by atoms with Crippen LogP contribution >= 0.6 is 12.4 Å². The van der Waals surface area contributed by atoms with Crippen LogP contribution in [0.25, 0.3) is 0 Å². The standard InChI is InChI=1S/C13H17F2N3O3S.ClH/c1-22(20,21)18-10-4-2-9(3-5-10)7-16-12(19)11-6-13(14,15)8-17-11;/h2-5,11,17-18H,6-8H2,1H3,(H,16,19);1H. The molecule has 2 rings (SSSR count). The predicted molar refractivity (Wildman–Crippen MR) is 85.4 cm³/mol. The van der Waals surface area contributed by atoms with Gasteiger partial charge in [0.25, 0.3) is 5.92 Å². The number of benzene rings is 1. The van der Waals surface area contributed by atoms with Gasteiger partial charge in [0.1, 0.15) is 0 Å². The van der Waals surface area contributed by atoms with Gasteiger partial charge in [0, 0.05) is 18.7 Å². The van der Waals surface area contributed by atoms with Gasteiger partial charge in [0.2, 0.25) is 15.9 Å². The van der Waals surface area contributed by atoms with E-state index in [1.165, 1.54) is 0 Å². The maximum absolute atomic E-state index is 13.0. The molecule has 23 heavy (non-hydrogen) atoms. The van der Waals surface area contributed by atoms with Crippen LogP contribution in [0.15, 0.2) is 24.3 Å². The fourth-order valence-corrected chi connectivity index (χ4v) is 2.68. The summed E-state index contributed by atoms with van der Waals surface area (Å²) in [6.45, 7) is -0.307. The van der Waals surface area contributed by atoms with Crippen molar-refractivity contribution in [3.8, 4) is 0 Å². The zero-order valence-electron chi connectivity index (χ0n) is 12.3. The second-order valence-corrected chi connectivity index (χ2v) is 7.03.